The van der Waals surface area contributed by atoms with Gasteiger partial charge in [-0.25, -0.2) is 4.79 Å². The molecule has 0 bridgehead atoms. The van der Waals surface area contributed by atoms with Gasteiger partial charge >= 0.3 is 6.03 Å². The standard InChI is InChI=1S/C9H18N2O3/c1-14-7-8(3-6-12)11-5-2-4-10-9(11)13/h8,12H,2-7H2,1H3,(H,10,13). The molecule has 1 heterocycles. The van der Waals surface area contributed by atoms with Crippen molar-refractivity contribution >= 4 is 6.03 Å². The molecule has 5 heteroatoms. The highest BCUT2D eigenvalue weighted by Gasteiger charge is 2.25. The van der Waals surface area contributed by atoms with Crippen LogP contribution in [0.25, 0.3) is 0 Å². The number of hydrogen-bond donors (Lipinski definition) is 2. The Labute approximate surface area is 84.0 Å². The molecule has 1 aliphatic rings. The monoisotopic (exact) mass is 202 g/mol. The average Bonchev–Trinajstić information content (AvgIpc) is 2.18. The van der Waals surface area contributed by atoms with Crippen LogP contribution < -0.4 is 5.32 Å². The minimum Gasteiger partial charge on any atom is -0.396 e. The molecule has 0 aromatic heterocycles. The largest absolute Gasteiger partial charge is 0.396 e. The lowest BCUT2D eigenvalue weighted by atomic mass is 10.1. The second kappa shape index (κ2) is 5.82. The topological polar surface area (TPSA) is 61.8 Å². The number of methoxy groups -OCH3 is 1. The number of amides is 2. The van der Waals surface area contributed by atoms with E-state index < -0.39 is 0 Å². The van der Waals surface area contributed by atoms with Gasteiger partial charge in [-0.1, -0.05) is 0 Å². The smallest absolute Gasteiger partial charge is 0.317 e. The maximum atomic E-state index is 11.5. The molecular formula is C9H18N2O3. The third-order valence-corrected chi connectivity index (χ3v) is 2.38. The summed E-state index contributed by atoms with van der Waals surface area (Å²) in [5, 5.41) is 11.6. The van der Waals surface area contributed by atoms with E-state index in [0.29, 0.717) is 13.0 Å². The van der Waals surface area contributed by atoms with Crippen molar-refractivity contribution in [3.05, 3.63) is 0 Å². The van der Waals surface area contributed by atoms with Crippen molar-refractivity contribution < 1.29 is 14.6 Å². The summed E-state index contributed by atoms with van der Waals surface area (Å²) in [5.41, 5.74) is 0. The number of aliphatic hydroxyl groups is 1. The SMILES string of the molecule is COCC(CCO)N1CCCNC1=O. The molecule has 1 rings (SSSR count). The van der Waals surface area contributed by atoms with E-state index in [4.69, 9.17) is 9.84 Å². The molecule has 2 N–H and O–H groups in total. The first kappa shape index (κ1) is 11.3. The van der Waals surface area contributed by atoms with Crippen LogP contribution in [0.15, 0.2) is 0 Å². The lowest BCUT2D eigenvalue weighted by Crippen LogP contribution is -2.52. The molecule has 0 radical (unpaired) electrons. The van der Waals surface area contributed by atoms with Gasteiger partial charge in [-0.3, -0.25) is 0 Å². The normalized spacial score (nSPS) is 19.3. The number of hydrogen-bond acceptors (Lipinski definition) is 3. The fraction of sp³-hybridized carbons (Fsp3) is 0.889. The van der Waals surface area contributed by atoms with Gasteiger partial charge in [0.2, 0.25) is 0 Å². The number of ether oxygens (including phenoxy) is 1. The number of nitrogens with zero attached hydrogens (tertiary/aromatic N) is 1. The molecule has 0 spiro atoms. The molecule has 5 nitrogen and oxygen atoms in total. The van der Waals surface area contributed by atoms with Crippen LogP contribution in [0.5, 0.6) is 0 Å². The van der Waals surface area contributed by atoms with E-state index >= 15 is 0 Å². The van der Waals surface area contributed by atoms with Crippen LogP contribution in [-0.4, -0.2) is 55.5 Å². The molecule has 1 unspecified atom stereocenters. The zero-order chi connectivity index (χ0) is 10.4. The summed E-state index contributed by atoms with van der Waals surface area (Å²) in [6.07, 6.45) is 1.53. The molecule has 0 aliphatic carbocycles. The molecule has 82 valence electrons. The Bertz CT molecular complexity index is 181. The third-order valence-electron chi connectivity index (χ3n) is 2.38. The number of nitrogens with one attached hydrogen (secondary N) is 1. The first-order chi connectivity index (χ1) is 6.79. The van der Waals surface area contributed by atoms with Crippen LogP contribution in [-0.2, 0) is 4.74 Å². The van der Waals surface area contributed by atoms with Crippen molar-refractivity contribution in [3.8, 4) is 0 Å². The Hall–Kier alpha value is -0.810. The van der Waals surface area contributed by atoms with Crippen molar-refractivity contribution in [3.63, 3.8) is 0 Å². The molecule has 0 aromatic rings. The van der Waals surface area contributed by atoms with Crippen molar-refractivity contribution in [1.29, 1.82) is 0 Å². The quantitative estimate of drug-likeness (QED) is 0.649. The molecule has 1 saturated heterocycles. The molecular weight excluding hydrogens is 184 g/mol. The third kappa shape index (κ3) is 2.85. The van der Waals surface area contributed by atoms with Crippen LogP contribution in [0.3, 0.4) is 0 Å². The summed E-state index contributed by atoms with van der Waals surface area (Å²) in [7, 11) is 1.60. The summed E-state index contributed by atoms with van der Waals surface area (Å²) in [5.74, 6) is 0. The second-order valence-corrected chi connectivity index (χ2v) is 3.40. The van der Waals surface area contributed by atoms with Gasteiger partial charge in [0, 0.05) is 26.8 Å². The first-order valence-corrected chi connectivity index (χ1v) is 4.94. The summed E-state index contributed by atoms with van der Waals surface area (Å²) in [6, 6.07) is -0.0583. The van der Waals surface area contributed by atoms with Crippen molar-refractivity contribution in [1.82, 2.24) is 10.2 Å². The summed E-state index contributed by atoms with van der Waals surface area (Å²) in [4.78, 5) is 13.2. The van der Waals surface area contributed by atoms with Crippen LogP contribution >= 0.6 is 0 Å². The lowest BCUT2D eigenvalue weighted by molar-refractivity contribution is 0.0818. The fourth-order valence-corrected chi connectivity index (χ4v) is 1.67. The van der Waals surface area contributed by atoms with E-state index in [-0.39, 0.29) is 18.7 Å². The zero-order valence-corrected chi connectivity index (χ0v) is 8.53. The summed E-state index contributed by atoms with van der Waals surface area (Å²) < 4.78 is 5.03. The van der Waals surface area contributed by atoms with E-state index in [1.807, 2.05) is 0 Å². The minimum atomic E-state index is -0.0493. The van der Waals surface area contributed by atoms with E-state index in [2.05, 4.69) is 5.32 Å². The Balaban J connectivity index is 2.50. The predicted molar refractivity (Wildman–Crippen MR) is 52.1 cm³/mol. The molecule has 2 amide bonds. The maximum absolute atomic E-state index is 11.5. The number of carbonyl (C=O) groups excluding carboxylic acids is 1. The summed E-state index contributed by atoms with van der Waals surface area (Å²) in [6.45, 7) is 2.06. The summed E-state index contributed by atoms with van der Waals surface area (Å²) >= 11 is 0. The number of aliphatic hydroxyl groups excluding tert-OH is 1. The Morgan fingerprint density at radius 1 is 1.71 bits per heavy atom. The van der Waals surface area contributed by atoms with Gasteiger partial charge in [-0.2, -0.15) is 0 Å². The van der Waals surface area contributed by atoms with Gasteiger partial charge in [0.15, 0.2) is 0 Å². The number of carbonyl (C=O) groups is 1. The lowest BCUT2D eigenvalue weighted by Gasteiger charge is -2.34. The predicted octanol–water partition coefficient (Wildman–Crippen LogP) is -0.201. The van der Waals surface area contributed by atoms with Crippen LogP contribution in [0.1, 0.15) is 12.8 Å². The van der Waals surface area contributed by atoms with Gasteiger partial charge in [0.1, 0.15) is 0 Å². The van der Waals surface area contributed by atoms with Crippen molar-refractivity contribution in [2.45, 2.75) is 18.9 Å². The van der Waals surface area contributed by atoms with Crippen LogP contribution in [0.4, 0.5) is 4.79 Å². The van der Waals surface area contributed by atoms with Gasteiger partial charge in [-0.15, -0.1) is 0 Å². The molecule has 1 aliphatic heterocycles. The number of rotatable bonds is 5. The van der Waals surface area contributed by atoms with Gasteiger partial charge < -0.3 is 20.1 Å². The Kier molecular flexibility index (Phi) is 4.69. The van der Waals surface area contributed by atoms with Gasteiger partial charge in [0.25, 0.3) is 0 Å². The zero-order valence-electron chi connectivity index (χ0n) is 8.53. The van der Waals surface area contributed by atoms with E-state index in [1.165, 1.54) is 0 Å². The highest BCUT2D eigenvalue weighted by molar-refractivity contribution is 5.75. The Morgan fingerprint density at radius 3 is 3.07 bits per heavy atom. The van der Waals surface area contributed by atoms with Crippen LogP contribution in [0.2, 0.25) is 0 Å². The first-order valence-electron chi connectivity index (χ1n) is 4.94. The fourth-order valence-electron chi connectivity index (χ4n) is 1.67. The van der Waals surface area contributed by atoms with E-state index in [1.54, 1.807) is 12.0 Å². The molecule has 14 heavy (non-hydrogen) atoms. The van der Waals surface area contributed by atoms with E-state index in [9.17, 15) is 4.79 Å². The van der Waals surface area contributed by atoms with Crippen molar-refractivity contribution in [2.75, 3.05) is 33.4 Å². The van der Waals surface area contributed by atoms with Crippen molar-refractivity contribution in [2.24, 2.45) is 0 Å². The minimum absolute atomic E-state index is 0.00898. The molecule has 1 atom stereocenters. The Morgan fingerprint density at radius 2 is 2.50 bits per heavy atom. The second-order valence-electron chi connectivity index (χ2n) is 3.40. The molecule has 0 saturated carbocycles. The highest BCUT2D eigenvalue weighted by Crippen LogP contribution is 2.09. The maximum Gasteiger partial charge on any atom is 0.317 e. The van der Waals surface area contributed by atoms with Gasteiger partial charge in [0.05, 0.1) is 12.6 Å². The van der Waals surface area contributed by atoms with E-state index in [0.717, 1.165) is 19.5 Å². The number of urea groups is 1. The highest BCUT2D eigenvalue weighted by atomic mass is 16.5. The van der Waals surface area contributed by atoms with Crippen LogP contribution in [0, 0.1) is 0 Å². The average molecular weight is 202 g/mol. The molecule has 0 aromatic carbocycles. The van der Waals surface area contributed by atoms with Gasteiger partial charge in [-0.05, 0) is 12.8 Å². The molecule has 1 fully saturated rings.